The van der Waals surface area contributed by atoms with Gasteiger partial charge < -0.3 is 5.32 Å². The van der Waals surface area contributed by atoms with Crippen LogP contribution in [0.5, 0.6) is 0 Å². The SMILES string of the molecule is CNCC1CCC(C#N)CC1. The first-order valence-corrected chi connectivity index (χ1v) is 4.41. The molecule has 0 atom stereocenters. The van der Waals surface area contributed by atoms with E-state index in [0.717, 1.165) is 25.3 Å². The van der Waals surface area contributed by atoms with E-state index in [4.69, 9.17) is 5.26 Å². The lowest BCUT2D eigenvalue weighted by Gasteiger charge is -2.24. The van der Waals surface area contributed by atoms with Crippen LogP contribution in [0.3, 0.4) is 0 Å². The minimum Gasteiger partial charge on any atom is -0.319 e. The van der Waals surface area contributed by atoms with Gasteiger partial charge >= 0.3 is 0 Å². The number of nitrogens with zero attached hydrogens (tertiary/aromatic N) is 1. The van der Waals surface area contributed by atoms with Gasteiger partial charge in [-0.05, 0) is 45.2 Å². The highest BCUT2D eigenvalue weighted by Crippen LogP contribution is 2.27. The summed E-state index contributed by atoms with van der Waals surface area (Å²) in [7, 11) is 2.00. The van der Waals surface area contributed by atoms with Crippen molar-refractivity contribution >= 4 is 0 Å². The van der Waals surface area contributed by atoms with E-state index in [1.807, 2.05) is 7.05 Å². The summed E-state index contributed by atoms with van der Waals surface area (Å²) in [5.41, 5.74) is 0. The van der Waals surface area contributed by atoms with Crippen molar-refractivity contribution in [3.05, 3.63) is 0 Å². The smallest absolute Gasteiger partial charge is 0.0655 e. The Balaban J connectivity index is 2.20. The molecule has 2 nitrogen and oxygen atoms in total. The first-order valence-electron chi connectivity index (χ1n) is 4.41. The standard InChI is InChI=1S/C9H16N2/c1-11-7-9-4-2-8(6-10)3-5-9/h8-9,11H,2-5,7H2,1H3. The third kappa shape index (κ3) is 2.51. The molecule has 0 aromatic carbocycles. The van der Waals surface area contributed by atoms with Crippen molar-refractivity contribution in [2.45, 2.75) is 25.7 Å². The van der Waals surface area contributed by atoms with Gasteiger partial charge in [0, 0.05) is 5.92 Å². The van der Waals surface area contributed by atoms with E-state index < -0.39 is 0 Å². The van der Waals surface area contributed by atoms with Gasteiger partial charge in [0.2, 0.25) is 0 Å². The summed E-state index contributed by atoms with van der Waals surface area (Å²) in [6.45, 7) is 1.12. The molecular formula is C9H16N2. The maximum Gasteiger partial charge on any atom is 0.0655 e. The molecule has 0 aromatic heterocycles. The molecule has 1 N–H and O–H groups in total. The summed E-state index contributed by atoms with van der Waals surface area (Å²) in [4.78, 5) is 0. The fraction of sp³-hybridized carbons (Fsp3) is 0.889. The topological polar surface area (TPSA) is 35.8 Å². The normalized spacial score (nSPS) is 31.3. The van der Waals surface area contributed by atoms with Crippen LogP contribution in [-0.2, 0) is 0 Å². The molecule has 0 spiro atoms. The zero-order valence-electron chi connectivity index (χ0n) is 7.14. The fourth-order valence-corrected chi connectivity index (χ4v) is 1.78. The third-order valence-electron chi connectivity index (χ3n) is 2.52. The van der Waals surface area contributed by atoms with Crippen molar-refractivity contribution in [2.75, 3.05) is 13.6 Å². The van der Waals surface area contributed by atoms with Crippen molar-refractivity contribution in [2.24, 2.45) is 11.8 Å². The molecule has 11 heavy (non-hydrogen) atoms. The number of nitrogens with one attached hydrogen (secondary N) is 1. The Morgan fingerprint density at radius 3 is 2.45 bits per heavy atom. The van der Waals surface area contributed by atoms with Gasteiger partial charge in [0.15, 0.2) is 0 Å². The summed E-state index contributed by atoms with van der Waals surface area (Å²) < 4.78 is 0. The van der Waals surface area contributed by atoms with Crippen LogP contribution in [0.4, 0.5) is 0 Å². The van der Waals surface area contributed by atoms with Gasteiger partial charge in [0.05, 0.1) is 6.07 Å². The molecule has 0 amide bonds. The molecule has 0 bridgehead atoms. The number of hydrogen-bond donors (Lipinski definition) is 1. The Labute approximate surface area is 68.6 Å². The Hall–Kier alpha value is -0.550. The molecule has 0 heterocycles. The van der Waals surface area contributed by atoms with Crippen LogP contribution in [0.25, 0.3) is 0 Å². The zero-order chi connectivity index (χ0) is 8.10. The van der Waals surface area contributed by atoms with Crippen LogP contribution in [-0.4, -0.2) is 13.6 Å². The average molecular weight is 152 g/mol. The summed E-state index contributed by atoms with van der Waals surface area (Å²) in [6.07, 6.45) is 4.70. The van der Waals surface area contributed by atoms with Gasteiger partial charge in [0.25, 0.3) is 0 Å². The number of rotatable bonds is 2. The minimum atomic E-state index is 0.350. The molecule has 1 fully saturated rings. The maximum atomic E-state index is 8.64. The quantitative estimate of drug-likeness (QED) is 0.651. The van der Waals surface area contributed by atoms with Gasteiger partial charge in [0.1, 0.15) is 0 Å². The maximum absolute atomic E-state index is 8.64. The van der Waals surface area contributed by atoms with E-state index in [-0.39, 0.29) is 0 Å². The van der Waals surface area contributed by atoms with Crippen molar-refractivity contribution in [1.82, 2.24) is 5.32 Å². The predicted octanol–water partition coefficient (Wildman–Crippen LogP) is 1.54. The monoisotopic (exact) mass is 152 g/mol. The van der Waals surface area contributed by atoms with Gasteiger partial charge in [-0.25, -0.2) is 0 Å². The number of nitriles is 1. The second-order valence-corrected chi connectivity index (χ2v) is 3.40. The Morgan fingerprint density at radius 1 is 1.36 bits per heavy atom. The molecule has 0 radical (unpaired) electrons. The lowest BCUT2D eigenvalue weighted by Crippen LogP contribution is -2.23. The Morgan fingerprint density at radius 2 is 2.00 bits per heavy atom. The zero-order valence-corrected chi connectivity index (χ0v) is 7.14. The van der Waals surface area contributed by atoms with Crippen LogP contribution >= 0.6 is 0 Å². The highest BCUT2D eigenvalue weighted by molar-refractivity contribution is 4.87. The second kappa shape index (κ2) is 4.35. The summed E-state index contributed by atoms with van der Waals surface area (Å²) in [6, 6.07) is 2.35. The lowest BCUT2D eigenvalue weighted by molar-refractivity contribution is 0.309. The largest absolute Gasteiger partial charge is 0.319 e. The predicted molar refractivity (Wildman–Crippen MR) is 45.0 cm³/mol. The van der Waals surface area contributed by atoms with Crippen molar-refractivity contribution in [3.8, 4) is 6.07 Å². The molecule has 0 unspecified atom stereocenters. The minimum absolute atomic E-state index is 0.350. The molecule has 2 heteroatoms. The molecule has 62 valence electrons. The van der Waals surface area contributed by atoms with Crippen LogP contribution in [0, 0.1) is 23.2 Å². The van der Waals surface area contributed by atoms with Gasteiger partial charge in [-0.3, -0.25) is 0 Å². The molecule has 0 aromatic rings. The van der Waals surface area contributed by atoms with Crippen LogP contribution in [0.15, 0.2) is 0 Å². The van der Waals surface area contributed by atoms with Crippen molar-refractivity contribution < 1.29 is 0 Å². The summed E-state index contributed by atoms with van der Waals surface area (Å²) in [5, 5.41) is 11.8. The summed E-state index contributed by atoms with van der Waals surface area (Å²) >= 11 is 0. The van der Waals surface area contributed by atoms with E-state index in [1.165, 1.54) is 12.8 Å². The third-order valence-corrected chi connectivity index (χ3v) is 2.52. The van der Waals surface area contributed by atoms with Gasteiger partial charge in [-0.15, -0.1) is 0 Å². The molecule has 1 aliphatic carbocycles. The summed E-state index contributed by atoms with van der Waals surface area (Å²) in [5.74, 6) is 1.17. The number of hydrogen-bond acceptors (Lipinski definition) is 2. The van der Waals surface area contributed by atoms with E-state index >= 15 is 0 Å². The molecule has 0 saturated heterocycles. The van der Waals surface area contributed by atoms with Crippen LogP contribution in [0.2, 0.25) is 0 Å². The fourth-order valence-electron chi connectivity index (χ4n) is 1.78. The highest BCUT2D eigenvalue weighted by atomic mass is 14.8. The Bertz CT molecular complexity index is 140. The van der Waals surface area contributed by atoms with E-state index in [9.17, 15) is 0 Å². The van der Waals surface area contributed by atoms with Gasteiger partial charge in [-0.1, -0.05) is 0 Å². The van der Waals surface area contributed by atoms with Crippen LogP contribution in [0.1, 0.15) is 25.7 Å². The lowest BCUT2D eigenvalue weighted by atomic mass is 9.83. The van der Waals surface area contributed by atoms with Gasteiger partial charge in [-0.2, -0.15) is 5.26 Å². The molecule has 1 aliphatic rings. The van der Waals surface area contributed by atoms with Crippen molar-refractivity contribution in [1.29, 1.82) is 5.26 Å². The first-order chi connectivity index (χ1) is 5.36. The average Bonchev–Trinajstić information content (AvgIpc) is 2.07. The van der Waals surface area contributed by atoms with E-state index in [2.05, 4.69) is 11.4 Å². The highest BCUT2D eigenvalue weighted by Gasteiger charge is 2.19. The molecule has 0 aliphatic heterocycles. The van der Waals surface area contributed by atoms with E-state index in [1.54, 1.807) is 0 Å². The molecular weight excluding hydrogens is 136 g/mol. The first kappa shape index (κ1) is 8.55. The van der Waals surface area contributed by atoms with E-state index in [0.29, 0.717) is 5.92 Å². The molecule has 1 saturated carbocycles. The molecule has 1 rings (SSSR count). The second-order valence-electron chi connectivity index (χ2n) is 3.40. The van der Waals surface area contributed by atoms with Crippen LogP contribution < -0.4 is 5.32 Å². The Kier molecular flexibility index (Phi) is 3.38. The van der Waals surface area contributed by atoms with Crippen molar-refractivity contribution in [3.63, 3.8) is 0 Å².